The highest BCUT2D eigenvalue weighted by atomic mass is 127. The molecule has 0 atom stereocenters. The van der Waals surface area contributed by atoms with Crippen LogP contribution in [-0.2, 0) is 0 Å². The summed E-state index contributed by atoms with van der Waals surface area (Å²) in [6.07, 6.45) is 0. The molecule has 0 saturated carbocycles. The van der Waals surface area contributed by atoms with Gasteiger partial charge >= 0.3 is 0 Å². The first-order valence-corrected chi connectivity index (χ1v) is 6.51. The van der Waals surface area contributed by atoms with Crippen molar-refractivity contribution in [3.8, 4) is 0 Å². The number of benzene rings is 1. The number of carbonyl (C=O) groups excluding carboxylic acids is 1. The van der Waals surface area contributed by atoms with Crippen LogP contribution in [0.15, 0.2) is 36.4 Å². The van der Waals surface area contributed by atoms with Gasteiger partial charge in [0.2, 0.25) is 0 Å². The molecule has 0 aliphatic rings. The first-order chi connectivity index (χ1) is 8.56. The number of hydrogen-bond acceptors (Lipinski definition) is 3. The number of pyridine rings is 1. The van der Waals surface area contributed by atoms with Gasteiger partial charge in [-0.25, -0.2) is 4.98 Å². The summed E-state index contributed by atoms with van der Waals surface area (Å²) in [6.45, 7) is 0. The predicted octanol–water partition coefficient (Wildman–Crippen LogP) is 3.17. The maximum Gasteiger partial charge on any atom is 0.274 e. The van der Waals surface area contributed by atoms with E-state index in [9.17, 15) is 4.79 Å². The Morgan fingerprint density at radius 2 is 2.11 bits per heavy atom. The number of nitrogens with zero attached hydrogens (tertiary/aromatic N) is 1. The van der Waals surface area contributed by atoms with E-state index in [2.05, 4.69) is 32.9 Å². The summed E-state index contributed by atoms with van der Waals surface area (Å²) in [5.41, 5.74) is 6.32. The molecule has 0 bridgehead atoms. The summed E-state index contributed by atoms with van der Waals surface area (Å²) in [7, 11) is 0. The Bertz CT molecular complexity index is 604. The van der Waals surface area contributed by atoms with Gasteiger partial charge in [0.1, 0.15) is 11.5 Å². The highest BCUT2D eigenvalue weighted by Crippen LogP contribution is 2.24. The van der Waals surface area contributed by atoms with E-state index < -0.39 is 0 Å². The van der Waals surface area contributed by atoms with Crippen molar-refractivity contribution < 1.29 is 4.79 Å². The van der Waals surface area contributed by atoms with Crippen LogP contribution in [0.4, 0.5) is 11.5 Å². The van der Waals surface area contributed by atoms with Crippen LogP contribution in [0, 0.1) is 3.57 Å². The molecule has 1 amide bonds. The van der Waals surface area contributed by atoms with Crippen LogP contribution in [-0.4, -0.2) is 10.9 Å². The van der Waals surface area contributed by atoms with E-state index in [1.165, 1.54) is 0 Å². The molecule has 1 heterocycles. The van der Waals surface area contributed by atoms with Gasteiger partial charge in [-0.3, -0.25) is 4.79 Å². The van der Waals surface area contributed by atoms with E-state index in [4.69, 9.17) is 17.3 Å². The smallest absolute Gasteiger partial charge is 0.274 e. The van der Waals surface area contributed by atoms with Gasteiger partial charge in [0.25, 0.3) is 5.91 Å². The number of hydrogen-bond donors (Lipinski definition) is 2. The lowest BCUT2D eigenvalue weighted by Gasteiger charge is -2.07. The van der Waals surface area contributed by atoms with Crippen LogP contribution in [0.5, 0.6) is 0 Å². The van der Waals surface area contributed by atoms with Crippen LogP contribution < -0.4 is 11.1 Å². The molecular weight excluding hydrogens is 365 g/mol. The molecule has 6 heteroatoms. The SMILES string of the molecule is Nc1cccc(C(=O)Nc2ccc(I)cc2Cl)n1. The van der Waals surface area contributed by atoms with Gasteiger partial charge in [0, 0.05) is 3.57 Å². The van der Waals surface area contributed by atoms with Crippen molar-refractivity contribution in [3.63, 3.8) is 0 Å². The summed E-state index contributed by atoms with van der Waals surface area (Å²) >= 11 is 8.17. The number of carbonyl (C=O) groups is 1. The van der Waals surface area contributed by atoms with Gasteiger partial charge in [-0.05, 0) is 52.9 Å². The predicted molar refractivity (Wildman–Crippen MR) is 80.8 cm³/mol. The fourth-order valence-corrected chi connectivity index (χ4v) is 2.26. The average molecular weight is 374 g/mol. The molecule has 18 heavy (non-hydrogen) atoms. The van der Waals surface area contributed by atoms with Gasteiger partial charge in [-0.1, -0.05) is 17.7 Å². The highest BCUT2D eigenvalue weighted by Gasteiger charge is 2.10. The van der Waals surface area contributed by atoms with E-state index in [-0.39, 0.29) is 11.6 Å². The van der Waals surface area contributed by atoms with Gasteiger partial charge in [0.05, 0.1) is 10.7 Å². The normalized spacial score (nSPS) is 10.1. The molecule has 0 unspecified atom stereocenters. The Morgan fingerprint density at radius 3 is 2.78 bits per heavy atom. The molecule has 92 valence electrons. The molecule has 4 nitrogen and oxygen atoms in total. The van der Waals surface area contributed by atoms with Gasteiger partial charge < -0.3 is 11.1 Å². The van der Waals surface area contributed by atoms with Crippen LogP contribution in [0.3, 0.4) is 0 Å². The zero-order valence-electron chi connectivity index (χ0n) is 9.15. The minimum atomic E-state index is -0.342. The van der Waals surface area contributed by atoms with Crippen LogP contribution in [0.2, 0.25) is 5.02 Å². The van der Waals surface area contributed by atoms with Crippen molar-refractivity contribution in [3.05, 3.63) is 50.7 Å². The van der Waals surface area contributed by atoms with Gasteiger partial charge in [-0.2, -0.15) is 0 Å². The summed E-state index contributed by atoms with van der Waals surface area (Å²) in [5, 5.41) is 3.17. The Morgan fingerprint density at radius 1 is 1.33 bits per heavy atom. The molecule has 0 aliphatic heterocycles. The molecule has 3 N–H and O–H groups in total. The third-order valence-corrected chi connectivity index (χ3v) is 3.17. The quantitative estimate of drug-likeness (QED) is 0.795. The van der Waals surface area contributed by atoms with Crippen LogP contribution in [0.25, 0.3) is 0 Å². The fraction of sp³-hybridized carbons (Fsp3) is 0. The number of nitrogen functional groups attached to an aromatic ring is 1. The zero-order valence-corrected chi connectivity index (χ0v) is 12.1. The van der Waals surface area contributed by atoms with Crippen molar-refractivity contribution in [1.82, 2.24) is 4.98 Å². The topological polar surface area (TPSA) is 68.0 Å². The fourth-order valence-electron chi connectivity index (χ4n) is 1.36. The first kappa shape index (κ1) is 13.1. The number of anilines is 2. The summed E-state index contributed by atoms with van der Waals surface area (Å²) in [4.78, 5) is 15.9. The van der Waals surface area contributed by atoms with E-state index in [1.807, 2.05) is 6.07 Å². The summed E-state index contributed by atoms with van der Waals surface area (Å²) in [6, 6.07) is 10.3. The molecule has 1 aromatic carbocycles. The number of nitrogens with two attached hydrogens (primary N) is 1. The summed E-state index contributed by atoms with van der Waals surface area (Å²) < 4.78 is 0.998. The van der Waals surface area contributed by atoms with Crippen LogP contribution >= 0.6 is 34.2 Å². The third-order valence-electron chi connectivity index (χ3n) is 2.18. The monoisotopic (exact) mass is 373 g/mol. The second kappa shape index (κ2) is 5.53. The second-order valence-electron chi connectivity index (χ2n) is 3.53. The molecule has 0 aliphatic carbocycles. The Balaban J connectivity index is 2.21. The van der Waals surface area contributed by atoms with Gasteiger partial charge in [0.15, 0.2) is 0 Å². The number of nitrogens with one attached hydrogen (secondary N) is 1. The maximum atomic E-state index is 11.9. The van der Waals surface area contributed by atoms with Crippen molar-refractivity contribution in [1.29, 1.82) is 0 Å². The molecule has 1 aromatic heterocycles. The molecular formula is C12H9ClIN3O. The number of rotatable bonds is 2. The molecule has 0 fully saturated rings. The lowest BCUT2D eigenvalue weighted by atomic mass is 10.3. The average Bonchev–Trinajstić information content (AvgIpc) is 2.32. The van der Waals surface area contributed by atoms with Crippen LogP contribution in [0.1, 0.15) is 10.5 Å². The minimum Gasteiger partial charge on any atom is -0.384 e. The van der Waals surface area contributed by atoms with Crippen molar-refractivity contribution in [2.45, 2.75) is 0 Å². The first-order valence-electron chi connectivity index (χ1n) is 5.05. The minimum absolute atomic E-state index is 0.254. The highest BCUT2D eigenvalue weighted by molar-refractivity contribution is 14.1. The number of halogens is 2. The van der Waals surface area contributed by atoms with Crippen molar-refractivity contribution in [2.75, 3.05) is 11.1 Å². The Hall–Kier alpha value is -1.34. The molecule has 0 saturated heterocycles. The Labute approximate surface area is 123 Å². The zero-order chi connectivity index (χ0) is 13.1. The molecule has 0 radical (unpaired) electrons. The standard InChI is InChI=1S/C12H9ClIN3O/c13-8-6-7(14)4-5-9(8)17-12(18)10-2-1-3-11(15)16-10/h1-6H,(H2,15,16)(H,17,18). The maximum absolute atomic E-state index is 11.9. The number of amides is 1. The lowest BCUT2D eigenvalue weighted by Crippen LogP contribution is -2.14. The van der Waals surface area contributed by atoms with E-state index in [0.29, 0.717) is 16.5 Å². The van der Waals surface area contributed by atoms with Gasteiger partial charge in [-0.15, -0.1) is 0 Å². The molecule has 0 spiro atoms. The van der Waals surface area contributed by atoms with Crippen molar-refractivity contribution >= 4 is 51.6 Å². The van der Waals surface area contributed by atoms with E-state index in [1.54, 1.807) is 30.3 Å². The Kier molecular flexibility index (Phi) is 4.03. The largest absolute Gasteiger partial charge is 0.384 e. The molecule has 2 aromatic rings. The van der Waals surface area contributed by atoms with Crippen molar-refractivity contribution in [2.24, 2.45) is 0 Å². The van der Waals surface area contributed by atoms with E-state index >= 15 is 0 Å². The number of aromatic nitrogens is 1. The van der Waals surface area contributed by atoms with E-state index in [0.717, 1.165) is 3.57 Å². The lowest BCUT2D eigenvalue weighted by molar-refractivity contribution is 0.102. The molecule has 2 rings (SSSR count). The summed E-state index contributed by atoms with van der Waals surface area (Å²) in [5.74, 6) is -0.0400. The second-order valence-corrected chi connectivity index (χ2v) is 5.18. The third kappa shape index (κ3) is 3.11.